The highest BCUT2D eigenvalue weighted by Crippen LogP contribution is 2.39. The normalized spacial score (nSPS) is 21.3. The fourth-order valence-electron chi connectivity index (χ4n) is 3.35. The summed E-state index contributed by atoms with van der Waals surface area (Å²) in [7, 11) is 0. The second kappa shape index (κ2) is 5.66. The van der Waals surface area contributed by atoms with Gasteiger partial charge in [0, 0.05) is 0 Å². The van der Waals surface area contributed by atoms with Crippen molar-refractivity contribution in [2.24, 2.45) is 11.3 Å². The van der Waals surface area contributed by atoms with Crippen LogP contribution in [-0.4, -0.2) is 11.2 Å². The first-order valence-electron chi connectivity index (χ1n) is 7.62. The van der Waals surface area contributed by atoms with Gasteiger partial charge in [-0.1, -0.05) is 32.0 Å². The Morgan fingerprint density at radius 1 is 1.16 bits per heavy atom. The van der Waals surface area contributed by atoms with E-state index in [1.807, 2.05) is 0 Å². The van der Waals surface area contributed by atoms with Gasteiger partial charge in [-0.05, 0) is 74.0 Å². The standard InChI is InChI=1S/C18H28O/c1-13-6-5-7-14(2)16(13)12-17(19)15-8-10-18(3,4)11-9-15/h5-7,15,17,19H,8-12H2,1-4H3. The summed E-state index contributed by atoms with van der Waals surface area (Å²) in [4.78, 5) is 0. The summed E-state index contributed by atoms with van der Waals surface area (Å²) in [6, 6.07) is 6.40. The summed E-state index contributed by atoms with van der Waals surface area (Å²) in [5.41, 5.74) is 4.46. The molecule has 0 aromatic heterocycles. The molecule has 0 aliphatic heterocycles. The van der Waals surface area contributed by atoms with Gasteiger partial charge in [0.1, 0.15) is 0 Å². The predicted octanol–water partition coefficient (Wildman–Crippen LogP) is 4.42. The molecule has 106 valence electrons. The van der Waals surface area contributed by atoms with Gasteiger partial charge in [0.25, 0.3) is 0 Å². The number of rotatable bonds is 3. The smallest absolute Gasteiger partial charge is 0.0608 e. The molecule has 1 aliphatic carbocycles. The van der Waals surface area contributed by atoms with E-state index in [2.05, 4.69) is 45.9 Å². The second-order valence-corrected chi connectivity index (χ2v) is 7.14. The molecule has 1 nitrogen and oxygen atoms in total. The van der Waals surface area contributed by atoms with Gasteiger partial charge >= 0.3 is 0 Å². The van der Waals surface area contributed by atoms with E-state index in [4.69, 9.17) is 0 Å². The SMILES string of the molecule is Cc1cccc(C)c1CC(O)C1CCC(C)(C)CC1. The molecule has 1 N–H and O–H groups in total. The summed E-state index contributed by atoms with van der Waals surface area (Å²) < 4.78 is 0. The van der Waals surface area contributed by atoms with Gasteiger partial charge < -0.3 is 5.11 Å². The number of benzene rings is 1. The van der Waals surface area contributed by atoms with Crippen LogP contribution in [-0.2, 0) is 6.42 Å². The minimum absolute atomic E-state index is 0.170. The largest absolute Gasteiger partial charge is 0.392 e. The molecule has 1 aliphatic rings. The molecular weight excluding hydrogens is 232 g/mol. The van der Waals surface area contributed by atoms with Crippen molar-refractivity contribution in [1.29, 1.82) is 0 Å². The van der Waals surface area contributed by atoms with E-state index in [1.165, 1.54) is 42.4 Å². The van der Waals surface area contributed by atoms with Gasteiger partial charge in [0.15, 0.2) is 0 Å². The van der Waals surface area contributed by atoms with Crippen LogP contribution >= 0.6 is 0 Å². The maximum atomic E-state index is 10.5. The van der Waals surface area contributed by atoms with E-state index in [0.29, 0.717) is 11.3 Å². The highest BCUT2D eigenvalue weighted by Gasteiger charge is 2.30. The van der Waals surface area contributed by atoms with E-state index in [9.17, 15) is 5.11 Å². The molecule has 0 heterocycles. The van der Waals surface area contributed by atoms with Crippen molar-refractivity contribution in [3.05, 3.63) is 34.9 Å². The maximum absolute atomic E-state index is 10.5. The Kier molecular flexibility index (Phi) is 4.35. The first kappa shape index (κ1) is 14.6. The van der Waals surface area contributed by atoms with Crippen molar-refractivity contribution >= 4 is 0 Å². The minimum Gasteiger partial charge on any atom is -0.392 e. The molecule has 19 heavy (non-hydrogen) atoms. The van der Waals surface area contributed by atoms with Gasteiger partial charge in [-0.15, -0.1) is 0 Å². The highest BCUT2D eigenvalue weighted by atomic mass is 16.3. The molecule has 0 amide bonds. The molecule has 1 heteroatoms. The van der Waals surface area contributed by atoms with Crippen molar-refractivity contribution in [2.75, 3.05) is 0 Å². The van der Waals surface area contributed by atoms with Gasteiger partial charge in [-0.3, -0.25) is 0 Å². The van der Waals surface area contributed by atoms with Crippen LogP contribution < -0.4 is 0 Å². The van der Waals surface area contributed by atoms with Gasteiger partial charge in [0.05, 0.1) is 6.10 Å². The minimum atomic E-state index is -0.170. The van der Waals surface area contributed by atoms with E-state index in [0.717, 1.165) is 6.42 Å². The molecule has 1 aromatic carbocycles. The van der Waals surface area contributed by atoms with E-state index >= 15 is 0 Å². The fraction of sp³-hybridized carbons (Fsp3) is 0.667. The van der Waals surface area contributed by atoms with Crippen LogP contribution in [0.3, 0.4) is 0 Å². The van der Waals surface area contributed by atoms with Crippen LogP contribution in [0.1, 0.15) is 56.2 Å². The van der Waals surface area contributed by atoms with Crippen LogP contribution in [0, 0.1) is 25.2 Å². The summed E-state index contributed by atoms with van der Waals surface area (Å²) in [5.74, 6) is 0.493. The highest BCUT2D eigenvalue weighted by molar-refractivity contribution is 5.34. The molecule has 0 saturated heterocycles. The molecule has 1 unspecified atom stereocenters. The van der Waals surface area contributed by atoms with Crippen LogP contribution in [0.4, 0.5) is 0 Å². The number of hydrogen-bond acceptors (Lipinski definition) is 1. The van der Waals surface area contributed by atoms with Crippen molar-refractivity contribution in [3.63, 3.8) is 0 Å². The molecule has 2 rings (SSSR count). The molecule has 0 radical (unpaired) electrons. The zero-order valence-electron chi connectivity index (χ0n) is 12.9. The number of aryl methyl sites for hydroxylation is 2. The quantitative estimate of drug-likeness (QED) is 0.852. The third-order valence-corrected chi connectivity index (χ3v) is 4.99. The van der Waals surface area contributed by atoms with E-state index < -0.39 is 0 Å². The Morgan fingerprint density at radius 2 is 1.68 bits per heavy atom. The lowest BCUT2D eigenvalue weighted by Gasteiger charge is -2.36. The lowest BCUT2D eigenvalue weighted by molar-refractivity contribution is 0.0574. The Hall–Kier alpha value is -0.820. The predicted molar refractivity (Wildman–Crippen MR) is 81.4 cm³/mol. The lowest BCUT2D eigenvalue weighted by atomic mass is 9.71. The monoisotopic (exact) mass is 260 g/mol. The van der Waals surface area contributed by atoms with Crippen molar-refractivity contribution in [3.8, 4) is 0 Å². The summed E-state index contributed by atoms with van der Waals surface area (Å²) >= 11 is 0. The Morgan fingerprint density at radius 3 is 2.21 bits per heavy atom. The Bertz CT molecular complexity index is 403. The third-order valence-electron chi connectivity index (χ3n) is 4.99. The number of aliphatic hydroxyl groups is 1. The van der Waals surface area contributed by atoms with Crippen molar-refractivity contribution in [2.45, 2.75) is 65.9 Å². The van der Waals surface area contributed by atoms with E-state index in [1.54, 1.807) is 0 Å². The van der Waals surface area contributed by atoms with Crippen molar-refractivity contribution < 1.29 is 5.11 Å². The number of aliphatic hydroxyl groups excluding tert-OH is 1. The third kappa shape index (κ3) is 3.60. The topological polar surface area (TPSA) is 20.2 Å². The van der Waals surface area contributed by atoms with Crippen LogP contribution in [0.25, 0.3) is 0 Å². The fourth-order valence-corrected chi connectivity index (χ4v) is 3.35. The zero-order chi connectivity index (χ0) is 14.0. The molecule has 1 fully saturated rings. The first-order valence-corrected chi connectivity index (χ1v) is 7.62. The Balaban J connectivity index is 2.00. The molecule has 1 atom stereocenters. The summed E-state index contributed by atoms with van der Waals surface area (Å²) in [6.07, 6.45) is 5.51. The summed E-state index contributed by atoms with van der Waals surface area (Å²) in [6.45, 7) is 9.00. The van der Waals surface area contributed by atoms with Crippen LogP contribution in [0.15, 0.2) is 18.2 Å². The lowest BCUT2D eigenvalue weighted by Crippen LogP contribution is -2.30. The van der Waals surface area contributed by atoms with Crippen molar-refractivity contribution in [1.82, 2.24) is 0 Å². The number of hydrogen-bond donors (Lipinski definition) is 1. The second-order valence-electron chi connectivity index (χ2n) is 7.14. The zero-order valence-corrected chi connectivity index (χ0v) is 12.9. The van der Waals surface area contributed by atoms with Gasteiger partial charge in [-0.2, -0.15) is 0 Å². The maximum Gasteiger partial charge on any atom is 0.0608 e. The molecule has 0 bridgehead atoms. The van der Waals surface area contributed by atoms with Crippen LogP contribution in [0.2, 0.25) is 0 Å². The summed E-state index contributed by atoms with van der Waals surface area (Å²) in [5, 5.41) is 10.5. The average Bonchev–Trinajstić information content (AvgIpc) is 2.33. The molecule has 1 aromatic rings. The molecule has 1 saturated carbocycles. The van der Waals surface area contributed by atoms with Gasteiger partial charge in [-0.25, -0.2) is 0 Å². The first-order chi connectivity index (χ1) is 8.89. The van der Waals surface area contributed by atoms with Crippen LogP contribution in [0.5, 0.6) is 0 Å². The Labute approximate surface area is 118 Å². The average molecular weight is 260 g/mol. The molecular formula is C18H28O. The van der Waals surface area contributed by atoms with Gasteiger partial charge in [0.2, 0.25) is 0 Å². The van der Waals surface area contributed by atoms with E-state index in [-0.39, 0.29) is 6.10 Å². The molecule has 0 spiro atoms.